The van der Waals surface area contributed by atoms with Crippen LogP contribution in [-0.4, -0.2) is 19.6 Å². The highest BCUT2D eigenvalue weighted by Gasteiger charge is 2.26. The van der Waals surface area contributed by atoms with E-state index >= 15 is 0 Å². The lowest BCUT2D eigenvalue weighted by atomic mass is 9.86. The lowest BCUT2D eigenvalue weighted by Crippen LogP contribution is -2.34. The van der Waals surface area contributed by atoms with Crippen molar-refractivity contribution in [3.05, 3.63) is 0 Å². The van der Waals surface area contributed by atoms with Gasteiger partial charge in [0.25, 0.3) is 0 Å². The van der Waals surface area contributed by atoms with Crippen LogP contribution in [0.3, 0.4) is 0 Å². The van der Waals surface area contributed by atoms with Gasteiger partial charge in [-0.3, -0.25) is 0 Å². The average Bonchev–Trinajstić information content (AvgIpc) is 1.62. The quantitative estimate of drug-likeness (QED) is 0.337. The lowest BCUT2D eigenvalue weighted by Gasteiger charge is -2.16. The number of alkyl halides is 1. The normalized spacial score (nSPS) is 15.6. The Morgan fingerprint density at radius 1 is 1.50 bits per heavy atom. The van der Waals surface area contributed by atoms with E-state index < -0.39 is 7.38 Å². The van der Waals surface area contributed by atoms with Crippen molar-refractivity contribution in [3.63, 3.8) is 0 Å². The summed E-state index contributed by atoms with van der Waals surface area (Å²) in [4.78, 5) is 0.226. The number of halogens is 2. The maximum Gasteiger partial charge on any atom is 0.160 e. The first kappa shape index (κ1) is 8.86. The Balaban J connectivity index is 3.62. The third kappa shape index (κ3) is 3.00. The molecule has 8 heavy (non-hydrogen) atoms. The highest BCUT2D eigenvalue weighted by atomic mass is 35.6. The van der Waals surface area contributed by atoms with Gasteiger partial charge in [-0.25, -0.2) is 0 Å². The molecule has 0 aliphatic carbocycles. The summed E-state index contributed by atoms with van der Waals surface area (Å²) >= 11 is 11.9. The summed E-state index contributed by atoms with van der Waals surface area (Å²) in [6.07, 6.45) is 0. The van der Waals surface area contributed by atoms with Gasteiger partial charge in [0, 0.05) is 4.90 Å². The molecule has 0 amide bonds. The molecule has 0 aromatic heterocycles. The Morgan fingerprint density at radius 3 is 1.88 bits per heavy atom. The maximum absolute atomic E-state index is 5.99. The van der Waals surface area contributed by atoms with Crippen molar-refractivity contribution in [3.8, 4) is 0 Å². The Kier molecular flexibility index (Phi) is 3.48. The largest absolute Gasteiger partial charge is 0.167 e. The summed E-state index contributed by atoms with van der Waals surface area (Å²) in [5.41, 5.74) is 0. The zero-order chi connectivity index (χ0) is 6.78. The summed E-state index contributed by atoms with van der Waals surface area (Å²) in [6, 6.07) is 0. The Bertz CT molecular complexity index is 70.9. The lowest BCUT2D eigenvalue weighted by molar-refractivity contribution is 1.66. The molecule has 0 heterocycles. The monoisotopic (exact) mass is 168 g/mol. The molecule has 0 bridgehead atoms. The topological polar surface area (TPSA) is 0 Å². The highest BCUT2D eigenvalue weighted by molar-refractivity contribution is 7.25. The smallest absolute Gasteiger partial charge is 0.160 e. The molecule has 0 N–H and O–H groups in total. The Hall–Kier alpha value is 0.862. The van der Waals surface area contributed by atoms with Gasteiger partial charge < -0.3 is 0 Å². The van der Waals surface area contributed by atoms with Crippen LogP contribution in [0.1, 0.15) is 0 Å². The first-order chi connectivity index (χ1) is 3.48. The van der Waals surface area contributed by atoms with Crippen LogP contribution < -0.4 is 0 Å². The zero-order valence-electron chi connectivity index (χ0n) is 5.54. The van der Waals surface area contributed by atoms with E-state index in [1.807, 2.05) is 0 Å². The molecule has 0 nitrogen and oxygen atoms in total. The van der Waals surface area contributed by atoms with Gasteiger partial charge in [-0.1, -0.05) is 19.9 Å². The minimum absolute atomic E-state index is 0.226. The summed E-state index contributed by atoms with van der Waals surface area (Å²) < 4.78 is 0. The minimum atomic E-state index is -1.52. The fraction of sp³-hybridized carbons (Fsp3) is 1.00. The van der Waals surface area contributed by atoms with E-state index in [0.29, 0.717) is 0 Å². The van der Waals surface area contributed by atoms with Gasteiger partial charge in [0.05, 0.1) is 0 Å². The van der Waals surface area contributed by atoms with Gasteiger partial charge >= 0.3 is 0 Å². The Morgan fingerprint density at radius 2 is 1.88 bits per heavy atom. The third-order valence-corrected chi connectivity index (χ3v) is 6.07. The van der Waals surface area contributed by atoms with Gasteiger partial charge in [-0.05, 0) is 0 Å². The summed E-state index contributed by atoms with van der Waals surface area (Å²) in [5.74, 6) is 0. The van der Waals surface area contributed by atoms with E-state index in [4.69, 9.17) is 22.7 Å². The molecule has 0 aliphatic rings. The van der Waals surface area contributed by atoms with E-state index in [1.54, 1.807) is 0 Å². The molecule has 0 saturated heterocycles. The van der Waals surface area contributed by atoms with Crippen LogP contribution in [0, 0.1) is 0 Å². The molecule has 0 spiro atoms. The van der Waals surface area contributed by atoms with E-state index in [2.05, 4.69) is 19.9 Å². The predicted octanol–water partition coefficient (Wildman–Crippen LogP) is 2.02. The SMILES string of the molecule is CBC(Cl)[Si](C)(C)Cl. The van der Waals surface area contributed by atoms with Gasteiger partial charge in [-0.2, -0.15) is 11.1 Å². The van der Waals surface area contributed by atoms with E-state index in [0.717, 1.165) is 7.28 Å². The van der Waals surface area contributed by atoms with Crippen LogP contribution >= 0.6 is 22.7 Å². The van der Waals surface area contributed by atoms with Crippen molar-refractivity contribution in [2.24, 2.45) is 0 Å². The summed E-state index contributed by atoms with van der Waals surface area (Å²) in [7, 11) is -0.533. The predicted molar refractivity (Wildman–Crippen MR) is 46.0 cm³/mol. The molecule has 0 aromatic rings. The molecule has 0 rings (SSSR count). The molecule has 48 valence electrons. The average molecular weight is 169 g/mol. The van der Waals surface area contributed by atoms with Crippen molar-refractivity contribution in [1.29, 1.82) is 0 Å². The van der Waals surface area contributed by atoms with Crippen molar-refractivity contribution in [2.45, 2.75) is 24.8 Å². The second kappa shape index (κ2) is 3.14. The zero-order valence-corrected chi connectivity index (χ0v) is 8.05. The molecule has 1 atom stereocenters. The maximum atomic E-state index is 5.99. The van der Waals surface area contributed by atoms with Crippen LogP contribution in [-0.2, 0) is 0 Å². The molecule has 1 unspecified atom stereocenters. The summed E-state index contributed by atoms with van der Waals surface area (Å²) in [5, 5.41) is 0. The first-order valence-electron chi connectivity index (χ1n) is 2.81. The second-order valence-electron chi connectivity index (χ2n) is 2.44. The van der Waals surface area contributed by atoms with Gasteiger partial charge in [0.15, 0.2) is 7.38 Å². The summed E-state index contributed by atoms with van der Waals surface area (Å²) in [6.45, 7) is 6.19. The molecule has 4 heteroatoms. The van der Waals surface area contributed by atoms with Crippen LogP contribution in [0.5, 0.6) is 0 Å². The molecule has 0 saturated carbocycles. The molecule has 0 radical (unpaired) electrons. The molecular formula is C4H11BCl2Si. The van der Waals surface area contributed by atoms with Crippen molar-refractivity contribution in [1.82, 2.24) is 0 Å². The van der Waals surface area contributed by atoms with E-state index in [9.17, 15) is 0 Å². The van der Waals surface area contributed by atoms with Crippen LogP contribution in [0.15, 0.2) is 0 Å². The van der Waals surface area contributed by atoms with Crippen LogP contribution in [0.2, 0.25) is 19.9 Å². The molecule has 0 aliphatic heterocycles. The number of hydrogen-bond donors (Lipinski definition) is 0. The standard InChI is InChI=1S/C4H11BCl2Si/c1-5-4(6)8(2,3)7/h4-5H,1-3H3. The minimum Gasteiger partial charge on any atom is -0.167 e. The fourth-order valence-corrected chi connectivity index (χ4v) is 1.92. The third-order valence-electron chi connectivity index (χ3n) is 1.10. The number of hydrogen-bond acceptors (Lipinski definition) is 0. The highest BCUT2D eigenvalue weighted by Crippen LogP contribution is 2.17. The van der Waals surface area contributed by atoms with Gasteiger partial charge in [0.1, 0.15) is 7.28 Å². The van der Waals surface area contributed by atoms with Crippen molar-refractivity contribution >= 4 is 37.3 Å². The molecule has 0 fully saturated rings. The number of rotatable bonds is 2. The van der Waals surface area contributed by atoms with E-state index in [-0.39, 0.29) is 4.90 Å². The fourth-order valence-electron chi connectivity index (χ4n) is 0.485. The molecular weight excluding hydrogens is 158 g/mol. The Labute approximate surface area is 62.5 Å². The van der Waals surface area contributed by atoms with Gasteiger partial charge in [0.2, 0.25) is 0 Å². The first-order valence-corrected chi connectivity index (χ1v) is 7.34. The molecule has 0 aromatic carbocycles. The second-order valence-corrected chi connectivity index (χ2v) is 10.1. The van der Waals surface area contributed by atoms with Crippen molar-refractivity contribution in [2.75, 3.05) is 0 Å². The van der Waals surface area contributed by atoms with Crippen molar-refractivity contribution < 1.29 is 0 Å². The van der Waals surface area contributed by atoms with E-state index in [1.165, 1.54) is 0 Å². The van der Waals surface area contributed by atoms with Gasteiger partial charge in [-0.15, -0.1) is 11.6 Å². The van der Waals surface area contributed by atoms with Crippen LogP contribution in [0.4, 0.5) is 0 Å². The van der Waals surface area contributed by atoms with Crippen LogP contribution in [0.25, 0.3) is 0 Å².